The summed E-state index contributed by atoms with van der Waals surface area (Å²) in [5.41, 5.74) is 2.47. The molecule has 10 heteroatoms. The van der Waals surface area contributed by atoms with Crippen LogP contribution in [0.5, 0.6) is 11.5 Å². The van der Waals surface area contributed by atoms with E-state index in [-0.39, 0.29) is 38.0 Å². The first kappa shape index (κ1) is 26.3. The van der Waals surface area contributed by atoms with Crippen LogP contribution < -0.4 is 19.1 Å². The van der Waals surface area contributed by atoms with Gasteiger partial charge < -0.3 is 19.7 Å². The molecule has 1 N–H and O–H groups in total. The molecule has 9 nitrogen and oxygen atoms in total. The highest BCUT2D eigenvalue weighted by atomic mass is 32.2. The van der Waals surface area contributed by atoms with Gasteiger partial charge in [0.15, 0.2) is 11.5 Å². The van der Waals surface area contributed by atoms with Crippen LogP contribution in [-0.2, 0) is 26.2 Å². The van der Waals surface area contributed by atoms with E-state index in [1.54, 1.807) is 30.1 Å². The van der Waals surface area contributed by atoms with Crippen LogP contribution in [0.3, 0.4) is 0 Å². The second-order valence-electron chi connectivity index (χ2n) is 8.52. The quantitative estimate of drug-likeness (QED) is 0.506. The first-order valence-electron chi connectivity index (χ1n) is 11.6. The van der Waals surface area contributed by atoms with Gasteiger partial charge in [-0.05, 0) is 37.5 Å². The normalized spacial score (nSPS) is 13.3. The zero-order valence-corrected chi connectivity index (χ0v) is 21.4. The molecule has 0 aliphatic carbocycles. The summed E-state index contributed by atoms with van der Waals surface area (Å²) in [7, 11) is -2.05. The zero-order valence-electron chi connectivity index (χ0n) is 20.6. The Hall–Kier alpha value is -3.27. The minimum atomic E-state index is -3.60. The van der Waals surface area contributed by atoms with Gasteiger partial charge in [0.2, 0.25) is 28.6 Å². The summed E-state index contributed by atoms with van der Waals surface area (Å²) in [6.07, 6.45) is 1.97. The average molecular weight is 504 g/mol. The number of likely N-dealkylation sites (N-methyl/N-ethyl adjacent to an activating group) is 1. The summed E-state index contributed by atoms with van der Waals surface area (Å²) >= 11 is 0. The molecule has 35 heavy (non-hydrogen) atoms. The fraction of sp³-hybridized carbons (Fsp3) is 0.440. The van der Waals surface area contributed by atoms with Crippen LogP contribution in [0.1, 0.15) is 37.3 Å². The van der Waals surface area contributed by atoms with Gasteiger partial charge in [0.1, 0.15) is 6.04 Å². The Morgan fingerprint density at radius 2 is 1.77 bits per heavy atom. The van der Waals surface area contributed by atoms with Crippen LogP contribution >= 0.6 is 0 Å². The van der Waals surface area contributed by atoms with E-state index in [0.717, 1.165) is 17.4 Å². The summed E-state index contributed by atoms with van der Waals surface area (Å²) in [5.74, 6) is 0.600. The number of carbonyl (C=O) groups excluding carboxylic acids is 2. The van der Waals surface area contributed by atoms with Crippen LogP contribution in [0.4, 0.5) is 5.69 Å². The van der Waals surface area contributed by atoms with E-state index in [1.165, 1.54) is 4.31 Å². The maximum atomic E-state index is 13.3. The molecule has 0 spiro atoms. The van der Waals surface area contributed by atoms with Gasteiger partial charge in [-0.15, -0.1) is 0 Å². The largest absolute Gasteiger partial charge is 0.454 e. The maximum Gasteiger partial charge on any atom is 0.242 e. The molecule has 0 aromatic heterocycles. The lowest BCUT2D eigenvalue weighted by molar-refractivity contribution is -0.141. The number of rotatable bonds is 11. The molecule has 0 unspecified atom stereocenters. The van der Waals surface area contributed by atoms with Crippen molar-refractivity contribution in [3.05, 3.63) is 53.6 Å². The zero-order chi connectivity index (χ0) is 25.6. The van der Waals surface area contributed by atoms with E-state index in [0.29, 0.717) is 30.2 Å². The van der Waals surface area contributed by atoms with Crippen LogP contribution in [-0.4, -0.2) is 57.8 Å². The molecule has 2 aromatic carbocycles. The predicted molar refractivity (Wildman–Crippen MR) is 134 cm³/mol. The lowest BCUT2D eigenvalue weighted by atomic mass is 10.1. The van der Waals surface area contributed by atoms with E-state index >= 15 is 0 Å². The van der Waals surface area contributed by atoms with Crippen LogP contribution in [0, 0.1) is 6.92 Å². The molecular formula is C25H33N3O6S. The van der Waals surface area contributed by atoms with Crippen molar-refractivity contribution in [3.8, 4) is 11.5 Å². The highest BCUT2D eigenvalue weighted by Crippen LogP contribution is 2.36. The van der Waals surface area contributed by atoms with Crippen molar-refractivity contribution >= 4 is 27.5 Å². The number of nitrogens with one attached hydrogen (secondary N) is 1. The second kappa shape index (κ2) is 11.4. The van der Waals surface area contributed by atoms with Gasteiger partial charge >= 0.3 is 0 Å². The minimum absolute atomic E-state index is 0.0902. The van der Waals surface area contributed by atoms with Gasteiger partial charge in [-0.1, -0.05) is 36.8 Å². The molecule has 0 saturated carbocycles. The molecule has 2 aromatic rings. The lowest BCUT2D eigenvalue weighted by Crippen LogP contribution is -2.48. The third-order valence-electron chi connectivity index (χ3n) is 5.90. The minimum Gasteiger partial charge on any atom is -0.454 e. The molecule has 3 rings (SSSR count). The predicted octanol–water partition coefficient (Wildman–Crippen LogP) is 2.82. The summed E-state index contributed by atoms with van der Waals surface area (Å²) in [5, 5.41) is 2.64. The number of benzene rings is 2. The topological polar surface area (TPSA) is 105 Å². The second-order valence-corrected chi connectivity index (χ2v) is 10.4. The average Bonchev–Trinajstić information content (AvgIpc) is 3.29. The molecule has 190 valence electrons. The number of aryl methyl sites for hydroxylation is 1. The number of hydrogen-bond acceptors (Lipinski definition) is 6. The smallest absolute Gasteiger partial charge is 0.242 e. The standard InChI is InChI=1S/C25H33N3O6S/c1-5-21(25(30)26-3)27(16-19-10-8-18(2)9-11-19)24(29)7-6-14-28(35(4,31)32)20-12-13-22-23(15-20)34-17-33-22/h8-13,15,21H,5-7,14,16-17H2,1-4H3,(H,26,30)/t21-/m0/s1. The van der Waals surface area contributed by atoms with Gasteiger partial charge in [-0.2, -0.15) is 0 Å². The van der Waals surface area contributed by atoms with Crippen molar-refractivity contribution in [1.82, 2.24) is 10.2 Å². The van der Waals surface area contributed by atoms with Crippen molar-refractivity contribution in [1.29, 1.82) is 0 Å². The number of anilines is 1. The van der Waals surface area contributed by atoms with Crippen molar-refractivity contribution in [2.24, 2.45) is 0 Å². The van der Waals surface area contributed by atoms with Crippen molar-refractivity contribution < 1.29 is 27.5 Å². The summed E-state index contributed by atoms with van der Waals surface area (Å²) < 4.78 is 36.9. The Balaban J connectivity index is 1.74. The Bertz CT molecular complexity index is 1150. The third kappa shape index (κ3) is 6.66. The molecule has 0 radical (unpaired) electrons. The number of carbonyl (C=O) groups is 2. The van der Waals surface area contributed by atoms with E-state index in [2.05, 4.69) is 5.32 Å². The lowest BCUT2D eigenvalue weighted by Gasteiger charge is -2.31. The van der Waals surface area contributed by atoms with E-state index in [9.17, 15) is 18.0 Å². The molecule has 1 aliphatic rings. The van der Waals surface area contributed by atoms with Gasteiger partial charge in [0.25, 0.3) is 0 Å². The summed E-state index contributed by atoms with van der Waals surface area (Å²) in [6.45, 7) is 4.34. The van der Waals surface area contributed by atoms with E-state index in [4.69, 9.17) is 9.47 Å². The van der Waals surface area contributed by atoms with Gasteiger partial charge in [0.05, 0.1) is 11.9 Å². The Labute approximate surface area is 207 Å². The maximum absolute atomic E-state index is 13.3. The van der Waals surface area contributed by atoms with Gasteiger partial charge in [-0.3, -0.25) is 13.9 Å². The summed E-state index contributed by atoms with van der Waals surface area (Å²) in [4.78, 5) is 27.4. The van der Waals surface area contributed by atoms with Gasteiger partial charge in [-0.25, -0.2) is 8.42 Å². The monoisotopic (exact) mass is 503 g/mol. The molecule has 0 bridgehead atoms. The Morgan fingerprint density at radius 1 is 1.09 bits per heavy atom. The molecule has 1 heterocycles. The first-order valence-corrected chi connectivity index (χ1v) is 13.4. The number of fused-ring (bicyclic) bond motifs is 1. The van der Waals surface area contributed by atoms with Gasteiger partial charge in [0, 0.05) is 32.6 Å². The molecule has 0 fully saturated rings. The molecule has 2 amide bonds. The number of amides is 2. The van der Waals surface area contributed by atoms with E-state index in [1.807, 2.05) is 38.1 Å². The highest BCUT2D eigenvalue weighted by molar-refractivity contribution is 7.92. The fourth-order valence-electron chi connectivity index (χ4n) is 4.02. The van der Waals surface area contributed by atoms with Crippen LogP contribution in [0.2, 0.25) is 0 Å². The van der Waals surface area contributed by atoms with Crippen molar-refractivity contribution in [2.75, 3.05) is 30.9 Å². The number of ether oxygens (including phenoxy) is 2. The first-order chi connectivity index (χ1) is 16.6. The molecule has 1 atom stereocenters. The number of sulfonamides is 1. The van der Waals surface area contributed by atoms with Crippen molar-refractivity contribution in [2.45, 2.75) is 45.7 Å². The SMILES string of the molecule is CC[C@@H](C(=O)NC)N(Cc1ccc(C)cc1)C(=O)CCCN(c1ccc2c(c1)OCO2)S(C)(=O)=O. The van der Waals surface area contributed by atoms with Crippen LogP contribution in [0.25, 0.3) is 0 Å². The molecule has 1 aliphatic heterocycles. The molecular weight excluding hydrogens is 470 g/mol. The summed E-state index contributed by atoms with van der Waals surface area (Å²) in [6, 6.07) is 12.1. The third-order valence-corrected chi connectivity index (χ3v) is 7.10. The number of nitrogens with zero attached hydrogens (tertiary/aromatic N) is 2. The Morgan fingerprint density at radius 3 is 2.40 bits per heavy atom. The van der Waals surface area contributed by atoms with E-state index < -0.39 is 16.1 Å². The highest BCUT2D eigenvalue weighted by Gasteiger charge is 2.28. The Kier molecular flexibility index (Phi) is 8.61. The van der Waals surface area contributed by atoms with Crippen molar-refractivity contribution in [3.63, 3.8) is 0 Å². The fourth-order valence-corrected chi connectivity index (χ4v) is 4.98. The number of hydrogen-bond donors (Lipinski definition) is 1. The molecule has 0 saturated heterocycles. The van der Waals surface area contributed by atoms with Crippen LogP contribution in [0.15, 0.2) is 42.5 Å².